The van der Waals surface area contributed by atoms with Gasteiger partial charge in [-0.1, -0.05) is 11.6 Å². The molecule has 0 amide bonds. The van der Waals surface area contributed by atoms with Crippen LogP contribution in [-0.2, 0) is 0 Å². The topological polar surface area (TPSA) is 46.4 Å². The summed E-state index contributed by atoms with van der Waals surface area (Å²) in [6, 6.07) is 4.65. The van der Waals surface area contributed by atoms with Crippen molar-refractivity contribution in [1.29, 1.82) is 0 Å². The van der Waals surface area contributed by atoms with Gasteiger partial charge in [-0.25, -0.2) is 0 Å². The summed E-state index contributed by atoms with van der Waals surface area (Å²) in [5, 5.41) is 11.0. The van der Waals surface area contributed by atoms with Gasteiger partial charge in [0, 0.05) is 36.7 Å². The van der Waals surface area contributed by atoms with E-state index in [0.717, 1.165) is 30.3 Å². The first kappa shape index (κ1) is 11.5. The minimum Gasteiger partial charge on any atom is -0.369 e. The van der Waals surface area contributed by atoms with E-state index in [1.165, 1.54) is 12.1 Å². The first-order valence-corrected chi connectivity index (χ1v) is 6.48. The summed E-state index contributed by atoms with van der Waals surface area (Å²) < 4.78 is 0. The molecule has 86 valence electrons. The van der Waals surface area contributed by atoms with E-state index in [4.69, 9.17) is 11.6 Å². The lowest BCUT2D eigenvalue weighted by molar-refractivity contribution is -0.384. The summed E-state index contributed by atoms with van der Waals surface area (Å²) in [7, 11) is 0. The van der Waals surface area contributed by atoms with Gasteiger partial charge in [0.1, 0.15) is 0 Å². The van der Waals surface area contributed by atoms with E-state index in [1.807, 2.05) is 11.8 Å². The van der Waals surface area contributed by atoms with Crippen molar-refractivity contribution in [3.05, 3.63) is 33.3 Å². The van der Waals surface area contributed by atoms with Gasteiger partial charge < -0.3 is 4.90 Å². The van der Waals surface area contributed by atoms with Gasteiger partial charge in [-0.15, -0.1) is 0 Å². The van der Waals surface area contributed by atoms with Crippen LogP contribution < -0.4 is 4.90 Å². The molecule has 1 saturated heterocycles. The van der Waals surface area contributed by atoms with Gasteiger partial charge in [-0.2, -0.15) is 11.8 Å². The summed E-state index contributed by atoms with van der Waals surface area (Å²) in [5.41, 5.74) is 0.938. The van der Waals surface area contributed by atoms with Crippen molar-refractivity contribution in [2.45, 2.75) is 0 Å². The van der Waals surface area contributed by atoms with E-state index < -0.39 is 4.92 Å². The maximum absolute atomic E-state index is 10.6. The fourth-order valence-corrected chi connectivity index (χ4v) is 2.87. The molecule has 0 aliphatic carbocycles. The Morgan fingerprint density at radius 3 is 2.62 bits per heavy atom. The largest absolute Gasteiger partial charge is 0.369 e. The number of rotatable bonds is 2. The normalized spacial score (nSPS) is 16.2. The van der Waals surface area contributed by atoms with Crippen molar-refractivity contribution < 1.29 is 4.92 Å². The van der Waals surface area contributed by atoms with E-state index in [9.17, 15) is 10.1 Å². The highest BCUT2D eigenvalue weighted by atomic mass is 35.5. The average Bonchev–Trinajstić information content (AvgIpc) is 2.30. The highest BCUT2D eigenvalue weighted by Gasteiger charge is 2.16. The van der Waals surface area contributed by atoms with Crippen LogP contribution in [0, 0.1) is 10.1 Å². The third-order valence-corrected chi connectivity index (χ3v) is 3.74. The van der Waals surface area contributed by atoms with Crippen molar-refractivity contribution in [2.75, 3.05) is 29.5 Å². The van der Waals surface area contributed by atoms with Gasteiger partial charge >= 0.3 is 0 Å². The predicted molar refractivity (Wildman–Crippen MR) is 67.6 cm³/mol. The zero-order chi connectivity index (χ0) is 11.5. The van der Waals surface area contributed by atoms with Crippen molar-refractivity contribution in [1.82, 2.24) is 0 Å². The zero-order valence-corrected chi connectivity index (χ0v) is 10.1. The molecule has 6 heteroatoms. The summed E-state index contributed by atoms with van der Waals surface area (Å²) >= 11 is 7.97. The van der Waals surface area contributed by atoms with E-state index >= 15 is 0 Å². The van der Waals surface area contributed by atoms with Gasteiger partial charge in [-0.05, 0) is 6.07 Å². The summed E-state index contributed by atoms with van der Waals surface area (Å²) in [6.07, 6.45) is 0. The van der Waals surface area contributed by atoms with E-state index in [0.29, 0.717) is 5.02 Å². The Labute approximate surface area is 103 Å². The Bertz CT molecular complexity index is 408. The highest BCUT2D eigenvalue weighted by Crippen LogP contribution is 2.31. The van der Waals surface area contributed by atoms with Crippen LogP contribution in [0.15, 0.2) is 18.2 Å². The number of nitro benzene ring substituents is 1. The lowest BCUT2D eigenvalue weighted by atomic mass is 10.2. The molecule has 0 bridgehead atoms. The minimum atomic E-state index is -0.429. The molecule has 2 rings (SSSR count). The van der Waals surface area contributed by atoms with E-state index in [-0.39, 0.29) is 5.69 Å². The fraction of sp³-hybridized carbons (Fsp3) is 0.400. The first-order valence-electron chi connectivity index (χ1n) is 4.95. The van der Waals surface area contributed by atoms with Crippen LogP contribution in [0.2, 0.25) is 5.02 Å². The number of hydrogen-bond acceptors (Lipinski definition) is 4. The average molecular weight is 259 g/mol. The molecule has 1 aromatic carbocycles. The lowest BCUT2D eigenvalue weighted by Crippen LogP contribution is -2.32. The maximum atomic E-state index is 10.6. The number of hydrogen-bond donors (Lipinski definition) is 0. The quantitative estimate of drug-likeness (QED) is 0.605. The Balaban J connectivity index is 2.24. The second-order valence-electron chi connectivity index (χ2n) is 3.49. The summed E-state index contributed by atoms with van der Waals surface area (Å²) in [4.78, 5) is 12.3. The smallest absolute Gasteiger partial charge is 0.271 e. The SMILES string of the molecule is O=[N+]([O-])c1ccc(N2CCSCC2)c(Cl)c1. The van der Waals surface area contributed by atoms with E-state index in [1.54, 1.807) is 6.07 Å². The Hall–Kier alpha value is -0.940. The van der Waals surface area contributed by atoms with Crippen LogP contribution in [0.3, 0.4) is 0 Å². The predicted octanol–water partition coefficient (Wildman–Crippen LogP) is 2.80. The molecule has 0 N–H and O–H groups in total. The number of benzene rings is 1. The highest BCUT2D eigenvalue weighted by molar-refractivity contribution is 7.99. The fourth-order valence-electron chi connectivity index (χ4n) is 1.67. The van der Waals surface area contributed by atoms with Crippen molar-refractivity contribution in [2.24, 2.45) is 0 Å². The van der Waals surface area contributed by atoms with Crippen LogP contribution in [0.25, 0.3) is 0 Å². The number of non-ortho nitro benzene ring substituents is 1. The Kier molecular flexibility index (Phi) is 3.56. The molecule has 1 heterocycles. The number of anilines is 1. The molecule has 0 saturated carbocycles. The van der Waals surface area contributed by atoms with Gasteiger partial charge in [-0.3, -0.25) is 10.1 Å². The van der Waals surface area contributed by atoms with Gasteiger partial charge in [0.25, 0.3) is 5.69 Å². The number of halogens is 1. The molecule has 0 radical (unpaired) electrons. The molecule has 16 heavy (non-hydrogen) atoms. The van der Waals surface area contributed by atoms with Crippen LogP contribution in [0.4, 0.5) is 11.4 Å². The molecule has 1 aliphatic heterocycles. The molecule has 0 spiro atoms. The third-order valence-electron chi connectivity index (χ3n) is 2.49. The molecule has 0 atom stereocenters. The minimum absolute atomic E-state index is 0.0418. The van der Waals surface area contributed by atoms with Crippen molar-refractivity contribution in [3.8, 4) is 0 Å². The first-order chi connectivity index (χ1) is 7.68. The van der Waals surface area contributed by atoms with E-state index in [2.05, 4.69) is 4.90 Å². The Morgan fingerprint density at radius 1 is 1.38 bits per heavy atom. The lowest BCUT2D eigenvalue weighted by Gasteiger charge is -2.29. The second kappa shape index (κ2) is 4.93. The van der Waals surface area contributed by atoms with Crippen LogP contribution >= 0.6 is 23.4 Å². The van der Waals surface area contributed by atoms with Crippen molar-refractivity contribution in [3.63, 3.8) is 0 Å². The second-order valence-corrected chi connectivity index (χ2v) is 5.12. The Morgan fingerprint density at radius 2 is 2.06 bits per heavy atom. The maximum Gasteiger partial charge on any atom is 0.271 e. The monoisotopic (exact) mass is 258 g/mol. The molecular weight excluding hydrogens is 248 g/mol. The molecule has 4 nitrogen and oxygen atoms in total. The van der Waals surface area contributed by atoms with Gasteiger partial charge in [0.2, 0.25) is 0 Å². The molecule has 1 aromatic rings. The summed E-state index contributed by atoms with van der Waals surface area (Å²) in [5.74, 6) is 2.15. The number of nitro groups is 1. The zero-order valence-electron chi connectivity index (χ0n) is 8.56. The standard InChI is InChI=1S/C10H11ClN2O2S/c11-9-7-8(13(14)15)1-2-10(9)12-3-5-16-6-4-12/h1-2,7H,3-6H2. The number of thioether (sulfide) groups is 1. The van der Waals surface area contributed by atoms with Gasteiger partial charge in [0.05, 0.1) is 15.6 Å². The molecule has 1 fully saturated rings. The van der Waals surface area contributed by atoms with Gasteiger partial charge in [0.15, 0.2) is 0 Å². The van der Waals surface area contributed by atoms with Crippen molar-refractivity contribution >= 4 is 34.7 Å². The summed E-state index contributed by atoms with van der Waals surface area (Å²) in [6.45, 7) is 1.89. The molecule has 1 aliphatic rings. The van der Waals surface area contributed by atoms with Crippen LogP contribution in [0.1, 0.15) is 0 Å². The third kappa shape index (κ3) is 2.41. The molecule has 0 aromatic heterocycles. The molecule has 0 unspecified atom stereocenters. The van der Waals surface area contributed by atoms with Crippen LogP contribution in [-0.4, -0.2) is 29.5 Å². The van der Waals surface area contributed by atoms with Crippen LogP contribution in [0.5, 0.6) is 0 Å². The number of nitrogens with zero attached hydrogens (tertiary/aromatic N) is 2. The molecular formula is C10H11ClN2O2S.